The first-order chi connectivity index (χ1) is 11.1. The smallest absolute Gasteiger partial charge is 0.133 e. The molecule has 0 aromatic heterocycles. The summed E-state index contributed by atoms with van der Waals surface area (Å²) < 4.78 is 26.6. The van der Waals surface area contributed by atoms with Crippen LogP contribution >= 0.6 is 11.6 Å². The van der Waals surface area contributed by atoms with Crippen LogP contribution in [-0.4, -0.2) is 0 Å². The molecule has 0 spiro atoms. The molecular weight excluding hydrogens is 314 g/mol. The summed E-state index contributed by atoms with van der Waals surface area (Å²) in [6.45, 7) is 0. The molecule has 0 atom stereocenters. The SMILES string of the molecule is Clc1ccccc1.Fc1cc(F)c2cc3ccccc3cc2c1. The van der Waals surface area contributed by atoms with Gasteiger partial charge in [0, 0.05) is 16.5 Å². The standard InChI is InChI=1S/C14H8F2.C6H5Cl/c15-12-6-11-5-9-3-1-2-4-10(9)7-13(11)14(16)8-12;7-6-4-2-1-3-5-6/h1-8H;1-5H. The van der Waals surface area contributed by atoms with Crippen LogP contribution in [0.3, 0.4) is 0 Å². The van der Waals surface area contributed by atoms with Crippen molar-refractivity contribution in [2.45, 2.75) is 0 Å². The molecule has 3 heteroatoms. The predicted octanol–water partition coefficient (Wildman–Crippen LogP) is 6.61. The highest BCUT2D eigenvalue weighted by molar-refractivity contribution is 6.30. The van der Waals surface area contributed by atoms with Crippen molar-refractivity contribution in [3.05, 3.63) is 95.5 Å². The lowest BCUT2D eigenvalue weighted by Gasteiger charge is -2.03. The molecule has 4 rings (SSSR count). The van der Waals surface area contributed by atoms with Gasteiger partial charge >= 0.3 is 0 Å². The third-order valence-corrected chi connectivity index (χ3v) is 3.72. The Labute approximate surface area is 137 Å². The van der Waals surface area contributed by atoms with Gasteiger partial charge in [-0.3, -0.25) is 0 Å². The lowest BCUT2D eigenvalue weighted by Crippen LogP contribution is -1.84. The maximum absolute atomic E-state index is 13.5. The summed E-state index contributed by atoms with van der Waals surface area (Å²) in [6, 6.07) is 22.9. The van der Waals surface area contributed by atoms with Crippen molar-refractivity contribution in [1.82, 2.24) is 0 Å². The molecule has 4 aromatic carbocycles. The van der Waals surface area contributed by atoms with Crippen LogP contribution in [0, 0.1) is 11.6 Å². The second-order valence-electron chi connectivity index (χ2n) is 5.10. The molecule has 0 aliphatic carbocycles. The maximum Gasteiger partial charge on any atom is 0.133 e. The van der Waals surface area contributed by atoms with Gasteiger partial charge in [-0.1, -0.05) is 54.1 Å². The number of halogens is 3. The van der Waals surface area contributed by atoms with E-state index in [4.69, 9.17) is 11.6 Å². The van der Waals surface area contributed by atoms with Crippen LogP contribution in [-0.2, 0) is 0 Å². The van der Waals surface area contributed by atoms with Crippen molar-refractivity contribution in [2.24, 2.45) is 0 Å². The van der Waals surface area contributed by atoms with E-state index in [0.29, 0.717) is 10.8 Å². The van der Waals surface area contributed by atoms with Crippen LogP contribution in [0.1, 0.15) is 0 Å². The Morgan fingerprint density at radius 1 is 0.609 bits per heavy atom. The first-order valence-electron chi connectivity index (χ1n) is 7.11. The third-order valence-electron chi connectivity index (χ3n) is 3.47. The minimum absolute atomic E-state index is 0.458. The molecular formula is C20H13ClF2. The minimum atomic E-state index is -0.541. The second kappa shape index (κ2) is 6.76. The highest BCUT2D eigenvalue weighted by atomic mass is 35.5. The molecule has 4 aromatic rings. The number of fused-ring (bicyclic) bond motifs is 2. The number of hydrogen-bond acceptors (Lipinski definition) is 0. The highest BCUT2D eigenvalue weighted by Crippen LogP contribution is 2.25. The molecule has 0 N–H and O–H groups in total. The van der Waals surface area contributed by atoms with Gasteiger partial charge in [0.2, 0.25) is 0 Å². The van der Waals surface area contributed by atoms with Crippen molar-refractivity contribution in [3.8, 4) is 0 Å². The minimum Gasteiger partial charge on any atom is -0.207 e. The Bertz CT molecular complexity index is 949. The first kappa shape index (κ1) is 15.4. The van der Waals surface area contributed by atoms with E-state index in [1.807, 2.05) is 54.6 Å². The van der Waals surface area contributed by atoms with E-state index in [9.17, 15) is 8.78 Å². The lowest BCUT2D eigenvalue weighted by molar-refractivity contribution is 0.592. The monoisotopic (exact) mass is 326 g/mol. The van der Waals surface area contributed by atoms with Gasteiger partial charge in [-0.05, 0) is 46.5 Å². The number of hydrogen-bond donors (Lipinski definition) is 0. The molecule has 0 fully saturated rings. The van der Waals surface area contributed by atoms with Crippen LogP contribution in [0.2, 0.25) is 5.02 Å². The fraction of sp³-hybridized carbons (Fsp3) is 0. The summed E-state index contributed by atoms with van der Waals surface area (Å²) in [6.07, 6.45) is 0. The van der Waals surface area contributed by atoms with E-state index in [0.717, 1.165) is 21.9 Å². The zero-order valence-electron chi connectivity index (χ0n) is 12.1. The molecule has 0 saturated heterocycles. The molecule has 0 aliphatic rings. The van der Waals surface area contributed by atoms with E-state index in [1.54, 1.807) is 12.1 Å². The van der Waals surface area contributed by atoms with Gasteiger partial charge < -0.3 is 0 Å². The van der Waals surface area contributed by atoms with E-state index >= 15 is 0 Å². The van der Waals surface area contributed by atoms with Crippen LogP contribution < -0.4 is 0 Å². The van der Waals surface area contributed by atoms with Crippen molar-refractivity contribution >= 4 is 33.1 Å². The van der Waals surface area contributed by atoms with Gasteiger partial charge in [-0.2, -0.15) is 0 Å². The molecule has 0 aliphatic heterocycles. The number of rotatable bonds is 0. The van der Waals surface area contributed by atoms with Crippen molar-refractivity contribution in [3.63, 3.8) is 0 Å². The summed E-state index contributed by atoms with van der Waals surface area (Å²) in [4.78, 5) is 0. The molecule has 0 saturated carbocycles. The zero-order chi connectivity index (χ0) is 16.2. The Kier molecular flexibility index (Phi) is 4.54. The van der Waals surface area contributed by atoms with Gasteiger partial charge in [0.15, 0.2) is 0 Å². The quantitative estimate of drug-likeness (QED) is 0.319. The van der Waals surface area contributed by atoms with E-state index in [2.05, 4.69) is 0 Å². The number of benzene rings is 4. The van der Waals surface area contributed by atoms with Crippen LogP contribution in [0.5, 0.6) is 0 Å². The van der Waals surface area contributed by atoms with E-state index < -0.39 is 11.6 Å². The molecule has 0 heterocycles. The van der Waals surface area contributed by atoms with Crippen LogP contribution in [0.4, 0.5) is 8.78 Å². The zero-order valence-corrected chi connectivity index (χ0v) is 12.9. The van der Waals surface area contributed by atoms with Gasteiger partial charge in [0.1, 0.15) is 11.6 Å². The Morgan fingerprint density at radius 2 is 1.22 bits per heavy atom. The third kappa shape index (κ3) is 3.66. The Hall–Kier alpha value is -2.45. The summed E-state index contributed by atoms with van der Waals surface area (Å²) in [5.41, 5.74) is 0. The predicted molar refractivity (Wildman–Crippen MR) is 92.8 cm³/mol. The molecule has 23 heavy (non-hydrogen) atoms. The highest BCUT2D eigenvalue weighted by Gasteiger charge is 2.05. The van der Waals surface area contributed by atoms with Crippen molar-refractivity contribution in [2.75, 3.05) is 0 Å². The van der Waals surface area contributed by atoms with Gasteiger partial charge in [0.05, 0.1) is 0 Å². The van der Waals surface area contributed by atoms with Gasteiger partial charge in [0.25, 0.3) is 0 Å². The van der Waals surface area contributed by atoms with Crippen molar-refractivity contribution < 1.29 is 8.78 Å². The molecule has 0 amide bonds. The Balaban J connectivity index is 0.000000188. The van der Waals surface area contributed by atoms with Gasteiger partial charge in [-0.25, -0.2) is 8.78 Å². The average molecular weight is 327 g/mol. The molecule has 114 valence electrons. The van der Waals surface area contributed by atoms with Crippen LogP contribution in [0.15, 0.2) is 78.9 Å². The van der Waals surface area contributed by atoms with Crippen molar-refractivity contribution in [1.29, 1.82) is 0 Å². The largest absolute Gasteiger partial charge is 0.207 e. The molecule has 0 bridgehead atoms. The van der Waals surface area contributed by atoms with E-state index in [-0.39, 0.29) is 0 Å². The maximum atomic E-state index is 13.5. The lowest BCUT2D eigenvalue weighted by atomic mass is 10.0. The summed E-state index contributed by atoms with van der Waals surface area (Å²) in [5.74, 6) is -1.05. The fourth-order valence-corrected chi connectivity index (χ4v) is 2.53. The van der Waals surface area contributed by atoms with Gasteiger partial charge in [-0.15, -0.1) is 0 Å². The summed E-state index contributed by atoms with van der Waals surface area (Å²) >= 11 is 5.54. The molecule has 0 unspecified atom stereocenters. The Morgan fingerprint density at radius 3 is 1.83 bits per heavy atom. The van der Waals surface area contributed by atoms with E-state index in [1.165, 1.54) is 6.07 Å². The molecule has 0 nitrogen and oxygen atoms in total. The summed E-state index contributed by atoms with van der Waals surface area (Å²) in [5, 5.41) is 3.79. The van der Waals surface area contributed by atoms with Crippen LogP contribution in [0.25, 0.3) is 21.5 Å². The topological polar surface area (TPSA) is 0 Å². The second-order valence-corrected chi connectivity index (χ2v) is 5.54. The normalized spacial score (nSPS) is 10.4. The average Bonchev–Trinajstić information content (AvgIpc) is 2.54. The molecule has 0 radical (unpaired) electrons. The fourth-order valence-electron chi connectivity index (χ4n) is 2.39. The summed E-state index contributed by atoms with van der Waals surface area (Å²) in [7, 11) is 0. The first-order valence-corrected chi connectivity index (χ1v) is 7.49.